The number of aliphatic hydroxyl groups excluding tert-OH is 3. The molecule has 7 atom stereocenters. The molecular formula is C27H33N3O9S. The predicted molar refractivity (Wildman–Crippen MR) is 143 cm³/mol. The van der Waals surface area contributed by atoms with Crippen molar-refractivity contribution in [3.05, 3.63) is 46.2 Å². The average molecular weight is 576 g/mol. The molecule has 0 saturated heterocycles. The van der Waals surface area contributed by atoms with Gasteiger partial charge in [-0.1, -0.05) is 25.0 Å². The van der Waals surface area contributed by atoms with E-state index in [0.717, 1.165) is 25.7 Å². The van der Waals surface area contributed by atoms with E-state index in [1.54, 1.807) is 6.07 Å². The molecular weight excluding hydrogens is 542 g/mol. The van der Waals surface area contributed by atoms with Gasteiger partial charge in [-0.05, 0) is 38.6 Å². The predicted octanol–water partition coefficient (Wildman–Crippen LogP) is -0.751. The molecule has 0 radical (unpaired) electrons. The lowest BCUT2D eigenvalue weighted by Gasteiger charge is -2.59. The van der Waals surface area contributed by atoms with Crippen LogP contribution in [0.1, 0.15) is 42.7 Å². The number of carbonyl (C=O) groups excluding carboxylic acids is 3. The molecule has 0 heterocycles. The van der Waals surface area contributed by atoms with Crippen LogP contribution in [0.15, 0.2) is 35.1 Å². The number of hydrogen-bond donors (Lipinski definition) is 7. The van der Waals surface area contributed by atoms with Crippen LogP contribution in [0.2, 0.25) is 0 Å². The number of phenolic OH excluding ortho intramolecular Hbond substituents is 1. The molecule has 2 fully saturated rings. The summed E-state index contributed by atoms with van der Waals surface area (Å²) in [6, 6.07) is 2.63. The van der Waals surface area contributed by atoms with Crippen molar-refractivity contribution < 1.29 is 44.1 Å². The van der Waals surface area contributed by atoms with Gasteiger partial charge in [0.15, 0.2) is 11.5 Å². The van der Waals surface area contributed by atoms with Gasteiger partial charge >= 0.3 is 0 Å². The second-order valence-corrected chi connectivity index (χ2v) is 13.1. The first-order valence-corrected chi connectivity index (χ1v) is 14.4. The summed E-state index contributed by atoms with van der Waals surface area (Å²) < 4.78 is 13.5. The number of rotatable bonds is 5. The van der Waals surface area contributed by atoms with Crippen molar-refractivity contribution >= 4 is 34.0 Å². The van der Waals surface area contributed by atoms with Crippen LogP contribution in [0, 0.1) is 5.92 Å². The summed E-state index contributed by atoms with van der Waals surface area (Å²) in [7, 11) is 1.30. The van der Waals surface area contributed by atoms with E-state index < -0.39 is 91.8 Å². The maximum Gasteiger partial charge on any atom is 0.255 e. The number of aromatic hydroxyl groups is 1. The number of carbonyl (C=O) groups is 3. The summed E-state index contributed by atoms with van der Waals surface area (Å²) in [4.78, 5) is 41.1. The normalized spacial score (nSPS) is 35.0. The number of nitrogens with two attached hydrogens (primary N) is 2. The zero-order valence-electron chi connectivity index (χ0n) is 22.0. The molecule has 12 nitrogen and oxygen atoms in total. The molecule has 4 aliphatic rings. The second kappa shape index (κ2) is 9.48. The van der Waals surface area contributed by atoms with Gasteiger partial charge in [-0.15, -0.1) is 0 Å². The Morgan fingerprint density at radius 2 is 1.77 bits per heavy atom. The van der Waals surface area contributed by atoms with Crippen LogP contribution in [0.25, 0.3) is 5.76 Å². The fourth-order valence-corrected chi connectivity index (χ4v) is 9.10. The van der Waals surface area contributed by atoms with Crippen LogP contribution >= 0.6 is 0 Å². The van der Waals surface area contributed by atoms with E-state index in [4.69, 9.17) is 11.5 Å². The molecule has 0 bridgehead atoms. The Balaban J connectivity index is 1.80. The summed E-state index contributed by atoms with van der Waals surface area (Å²) in [6.45, 7) is 0. The molecule has 0 aliphatic heterocycles. The lowest BCUT2D eigenvalue weighted by molar-refractivity contribution is -0.176. The summed E-state index contributed by atoms with van der Waals surface area (Å²) >= 11 is 0. The fraction of sp³-hybridized carbons (Fsp3) is 0.519. The number of fused-ring (bicyclic) bond motifs is 3. The van der Waals surface area contributed by atoms with Gasteiger partial charge in [0.25, 0.3) is 5.91 Å². The second-order valence-electron chi connectivity index (χ2n) is 11.3. The van der Waals surface area contributed by atoms with Gasteiger partial charge in [-0.3, -0.25) is 23.5 Å². The molecule has 5 rings (SSSR count). The van der Waals surface area contributed by atoms with Crippen molar-refractivity contribution in [2.24, 2.45) is 17.4 Å². The van der Waals surface area contributed by atoms with Gasteiger partial charge in [0.05, 0.1) is 17.7 Å². The molecule has 1 unspecified atom stereocenters. The number of Topliss-reactive ketones (excluding diaryl/α,β-unsaturated/α-hetero) is 2. The molecule has 216 valence electrons. The lowest BCUT2D eigenvalue weighted by Crippen LogP contribution is -2.85. The van der Waals surface area contributed by atoms with Gasteiger partial charge in [-0.25, -0.2) is 0 Å². The summed E-state index contributed by atoms with van der Waals surface area (Å²) in [5.74, 6) is -8.92. The third-order valence-electron chi connectivity index (χ3n) is 9.07. The Kier molecular flexibility index (Phi) is 6.74. The standard InChI is InChI=1S/C27H33N3O9S/c1-30(2)21-20(33)18(25(28)37)24(36)27(38)23(35)17-16(22(34)26(21,27)29)13(10-40(39)11-6-3-4-7-11)12-8-5-9-14(31)15(12)19(17)32/h5,8-9,11,13,16,21-22,31-32,34,36,38H,3-4,6-7,10,29H2,1-2H3,(H2,28,37)/t13-,16+,21+,22-,26-,27-,40?/m0/s1. The van der Waals surface area contributed by atoms with Crippen molar-refractivity contribution in [3.8, 4) is 5.75 Å². The van der Waals surface area contributed by atoms with Crippen molar-refractivity contribution in [3.63, 3.8) is 0 Å². The average Bonchev–Trinajstić information content (AvgIpc) is 3.42. The zero-order valence-corrected chi connectivity index (χ0v) is 22.9. The minimum Gasteiger partial charge on any atom is -0.508 e. The molecule has 13 heteroatoms. The number of phenols is 1. The summed E-state index contributed by atoms with van der Waals surface area (Å²) in [5, 5.41) is 56.9. The maximum atomic E-state index is 14.2. The third-order valence-corrected chi connectivity index (χ3v) is 11.0. The Morgan fingerprint density at radius 1 is 1.15 bits per heavy atom. The Bertz CT molecular complexity index is 1420. The van der Waals surface area contributed by atoms with Gasteiger partial charge in [-0.2, -0.15) is 0 Å². The van der Waals surface area contributed by atoms with Crippen molar-refractivity contribution in [2.45, 2.75) is 60.1 Å². The number of nitrogens with zero attached hydrogens (tertiary/aromatic N) is 1. The highest BCUT2D eigenvalue weighted by Gasteiger charge is 2.75. The quantitative estimate of drug-likeness (QED) is 0.216. The first-order valence-electron chi connectivity index (χ1n) is 13.0. The number of aliphatic hydroxyl groups is 4. The molecule has 40 heavy (non-hydrogen) atoms. The molecule has 0 spiro atoms. The number of amides is 1. The van der Waals surface area contributed by atoms with E-state index in [1.165, 1.54) is 31.1 Å². The molecule has 1 aromatic rings. The smallest absolute Gasteiger partial charge is 0.255 e. The monoisotopic (exact) mass is 575 g/mol. The lowest BCUT2D eigenvalue weighted by atomic mass is 9.50. The highest BCUT2D eigenvalue weighted by atomic mass is 32.2. The number of benzene rings is 1. The molecule has 1 amide bonds. The van der Waals surface area contributed by atoms with Crippen LogP contribution < -0.4 is 11.5 Å². The maximum absolute atomic E-state index is 14.2. The topological polar surface area (TPSA) is 225 Å². The minimum atomic E-state index is -3.27. The number of ketones is 2. The Morgan fingerprint density at radius 3 is 2.35 bits per heavy atom. The summed E-state index contributed by atoms with van der Waals surface area (Å²) in [6.07, 6.45) is 1.29. The molecule has 0 aromatic heterocycles. The Hall–Kier alpha value is -3.10. The zero-order chi connectivity index (χ0) is 29.5. The highest BCUT2D eigenvalue weighted by molar-refractivity contribution is 7.85. The number of likely N-dealkylation sites (N-methyl/N-ethyl adjacent to an activating group) is 1. The van der Waals surface area contributed by atoms with Crippen molar-refractivity contribution in [1.82, 2.24) is 4.90 Å². The van der Waals surface area contributed by atoms with E-state index in [2.05, 4.69) is 0 Å². The first kappa shape index (κ1) is 28.4. The van der Waals surface area contributed by atoms with E-state index in [9.17, 15) is 44.1 Å². The molecule has 4 aliphatic carbocycles. The van der Waals surface area contributed by atoms with Crippen molar-refractivity contribution in [2.75, 3.05) is 19.8 Å². The number of hydrogen-bond acceptors (Lipinski definition) is 11. The fourth-order valence-electron chi connectivity index (χ4n) is 7.23. The Labute approximate surface area is 232 Å². The van der Waals surface area contributed by atoms with Crippen LogP contribution in [0.5, 0.6) is 5.75 Å². The molecule has 1 aromatic carbocycles. The van der Waals surface area contributed by atoms with E-state index >= 15 is 0 Å². The first-order chi connectivity index (χ1) is 18.7. The molecule has 2 saturated carbocycles. The van der Waals surface area contributed by atoms with Gasteiger partial charge in [0, 0.05) is 39.2 Å². The van der Waals surface area contributed by atoms with Gasteiger partial charge < -0.3 is 37.0 Å². The molecule has 9 N–H and O–H groups in total. The SMILES string of the molecule is CN(C)[C@@H]1C(=O)C(C(N)=O)=C(O)[C@@]2(O)C(=O)C3=C(O)c4c(O)cccc4[C@H](CS(=O)C4CCCC4)[C@H]3[C@H](O)[C@@]12N. The van der Waals surface area contributed by atoms with Gasteiger partial charge in [0.1, 0.15) is 22.6 Å². The third kappa shape index (κ3) is 3.51. The van der Waals surface area contributed by atoms with Crippen LogP contribution in [0.4, 0.5) is 0 Å². The highest BCUT2D eigenvalue weighted by Crippen LogP contribution is 2.57. The van der Waals surface area contributed by atoms with Crippen LogP contribution in [-0.2, 0) is 25.2 Å². The van der Waals surface area contributed by atoms with Gasteiger partial charge in [0.2, 0.25) is 11.4 Å². The van der Waals surface area contributed by atoms with Crippen molar-refractivity contribution in [1.29, 1.82) is 0 Å². The van der Waals surface area contributed by atoms with Crippen LogP contribution in [0.3, 0.4) is 0 Å². The van der Waals surface area contributed by atoms with E-state index in [1.807, 2.05) is 0 Å². The van der Waals surface area contributed by atoms with Crippen LogP contribution in [-0.4, -0.2) is 100 Å². The van der Waals surface area contributed by atoms with E-state index in [0.29, 0.717) is 5.56 Å². The van der Waals surface area contributed by atoms with E-state index in [-0.39, 0.29) is 16.6 Å². The summed E-state index contributed by atoms with van der Waals surface area (Å²) in [5.41, 5.74) is 4.65. The minimum absolute atomic E-state index is 0.0731. The number of primary amides is 1. The largest absolute Gasteiger partial charge is 0.508 e.